The van der Waals surface area contributed by atoms with Crippen molar-refractivity contribution in [2.75, 3.05) is 6.54 Å². The van der Waals surface area contributed by atoms with Gasteiger partial charge >= 0.3 is 11.9 Å². The third kappa shape index (κ3) is 15.3. The van der Waals surface area contributed by atoms with Crippen LogP contribution in [0.4, 0.5) is 0 Å². The maximum atomic E-state index is 13.9. The summed E-state index contributed by atoms with van der Waals surface area (Å²) in [5, 5.41) is 40.6. The minimum absolute atomic E-state index is 0.0750. The first kappa shape index (κ1) is 43.6. The lowest BCUT2D eigenvalue weighted by atomic mass is 10.0. The lowest BCUT2D eigenvalue weighted by Crippen LogP contribution is -2.59. The molecule has 1 aromatic heterocycles. The molecule has 6 amide bonds. The average molecular weight is 780 g/mol. The van der Waals surface area contributed by atoms with Crippen molar-refractivity contribution >= 4 is 47.4 Å². The zero-order chi connectivity index (χ0) is 41.2. The summed E-state index contributed by atoms with van der Waals surface area (Å²) in [4.78, 5) is 108. The number of aromatic amines is 1. The molecule has 0 saturated carbocycles. The number of nitrogens with one attached hydrogen (secondary N) is 6. The number of nitrogens with two attached hydrogens (primary N) is 2. The maximum absolute atomic E-state index is 13.9. The Bertz CT molecular complexity index is 1820. The van der Waals surface area contributed by atoms with E-state index in [2.05, 4.69) is 36.6 Å². The minimum atomic E-state index is -1.51. The van der Waals surface area contributed by atoms with Gasteiger partial charge in [0.15, 0.2) is 0 Å². The normalized spacial score (nSPS) is 13.4. The van der Waals surface area contributed by atoms with E-state index in [0.29, 0.717) is 16.8 Å². The Morgan fingerprint density at radius 1 is 0.679 bits per heavy atom. The summed E-state index contributed by atoms with van der Waals surface area (Å²) >= 11 is 0. The molecule has 56 heavy (non-hydrogen) atoms. The number of primary amides is 1. The molecule has 20 nitrogen and oxygen atoms in total. The molecule has 0 spiro atoms. The number of carbonyl (C=O) groups excluding carboxylic acids is 6. The van der Waals surface area contributed by atoms with Crippen LogP contribution in [0.15, 0.2) is 67.1 Å². The molecule has 0 aliphatic heterocycles. The van der Waals surface area contributed by atoms with Crippen LogP contribution < -0.4 is 38.1 Å². The topological polar surface area (TPSA) is 338 Å². The molecule has 0 radical (unpaired) electrons. The zero-order valence-corrected chi connectivity index (χ0v) is 30.1. The third-order valence-corrected chi connectivity index (χ3v) is 8.28. The monoisotopic (exact) mass is 779 g/mol. The van der Waals surface area contributed by atoms with Gasteiger partial charge in [-0.1, -0.05) is 42.5 Å². The summed E-state index contributed by atoms with van der Waals surface area (Å²) in [7, 11) is 0. The lowest BCUT2D eigenvalue weighted by molar-refractivity contribution is -0.142. The quantitative estimate of drug-likeness (QED) is 0.0485. The number of benzene rings is 2. The Hall–Kier alpha value is -6.83. The number of phenols is 1. The molecule has 13 N–H and O–H groups in total. The van der Waals surface area contributed by atoms with Crippen molar-refractivity contribution in [1.82, 2.24) is 36.6 Å². The van der Waals surface area contributed by atoms with Gasteiger partial charge in [-0.3, -0.25) is 33.6 Å². The number of aromatic nitrogens is 2. The number of hydrogen-bond acceptors (Lipinski definition) is 11. The van der Waals surface area contributed by atoms with Crippen LogP contribution >= 0.6 is 0 Å². The van der Waals surface area contributed by atoms with Crippen molar-refractivity contribution in [2.45, 2.75) is 75.2 Å². The van der Waals surface area contributed by atoms with Crippen LogP contribution in [-0.2, 0) is 57.6 Å². The summed E-state index contributed by atoms with van der Waals surface area (Å²) in [6, 6.07) is 7.20. The Balaban J connectivity index is 1.83. The minimum Gasteiger partial charge on any atom is -0.508 e. The molecule has 0 fully saturated rings. The Labute approximate surface area is 320 Å². The van der Waals surface area contributed by atoms with Crippen LogP contribution in [0, 0.1) is 0 Å². The molecule has 1 heterocycles. The van der Waals surface area contributed by atoms with Gasteiger partial charge in [0.25, 0.3) is 0 Å². The number of aliphatic carboxylic acids is 2. The van der Waals surface area contributed by atoms with Gasteiger partial charge in [0.1, 0.15) is 29.9 Å². The lowest BCUT2D eigenvalue weighted by Gasteiger charge is -2.26. The van der Waals surface area contributed by atoms with E-state index < -0.39 is 84.1 Å². The number of amides is 6. The second-order valence-electron chi connectivity index (χ2n) is 12.7. The number of carboxylic acids is 2. The van der Waals surface area contributed by atoms with Gasteiger partial charge < -0.3 is 58.4 Å². The molecular formula is C36H45N9O11. The van der Waals surface area contributed by atoms with Crippen LogP contribution in [-0.4, -0.2) is 109 Å². The van der Waals surface area contributed by atoms with E-state index in [0.717, 1.165) is 0 Å². The molecule has 0 aliphatic carbocycles. The SMILES string of the molecule is NC(=O)CC[C@H](NC(=O)[C@H](Cc1ccc(O)cc1)NC(=O)CNC(=O)[C@@H](N)CCC(=O)O)C(=O)N[C@@H](Cc1ccccc1)C(=O)N[C@@H](Cc1cnc[nH]1)C(=O)O. The Morgan fingerprint density at radius 2 is 1.25 bits per heavy atom. The number of aromatic hydroxyl groups is 1. The Morgan fingerprint density at radius 3 is 1.82 bits per heavy atom. The number of imidazole rings is 1. The van der Waals surface area contributed by atoms with Crippen LogP contribution in [0.5, 0.6) is 5.75 Å². The summed E-state index contributed by atoms with van der Waals surface area (Å²) in [5.74, 6) is -7.80. The van der Waals surface area contributed by atoms with E-state index in [9.17, 15) is 48.6 Å². The predicted molar refractivity (Wildman–Crippen MR) is 196 cm³/mol. The molecular weight excluding hydrogens is 734 g/mol. The highest BCUT2D eigenvalue weighted by Crippen LogP contribution is 2.13. The fourth-order valence-electron chi connectivity index (χ4n) is 5.28. The molecule has 3 aromatic rings. The first-order valence-corrected chi connectivity index (χ1v) is 17.4. The van der Waals surface area contributed by atoms with Crippen LogP contribution in [0.2, 0.25) is 0 Å². The molecule has 0 unspecified atom stereocenters. The van der Waals surface area contributed by atoms with E-state index >= 15 is 0 Å². The van der Waals surface area contributed by atoms with Crippen LogP contribution in [0.1, 0.15) is 42.5 Å². The smallest absolute Gasteiger partial charge is 0.326 e. The van der Waals surface area contributed by atoms with E-state index in [4.69, 9.17) is 16.6 Å². The van der Waals surface area contributed by atoms with Crippen molar-refractivity contribution in [3.05, 3.63) is 83.9 Å². The van der Waals surface area contributed by atoms with Gasteiger partial charge in [-0.25, -0.2) is 9.78 Å². The summed E-state index contributed by atoms with van der Waals surface area (Å²) in [5.41, 5.74) is 12.5. The number of carboxylic acid groups (broad SMARTS) is 2. The summed E-state index contributed by atoms with van der Waals surface area (Å²) < 4.78 is 0. The largest absolute Gasteiger partial charge is 0.508 e. The van der Waals surface area contributed by atoms with Crippen molar-refractivity contribution in [3.63, 3.8) is 0 Å². The van der Waals surface area contributed by atoms with Gasteiger partial charge in [-0.2, -0.15) is 0 Å². The molecule has 5 atom stereocenters. The number of carbonyl (C=O) groups is 8. The molecule has 20 heteroatoms. The number of rotatable bonds is 23. The number of phenolic OH excluding ortho intramolecular Hbond substituents is 1. The van der Waals surface area contributed by atoms with Crippen molar-refractivity contribution in [3.8, 4) is 5.75 Å². The zero-order valence-electron chi connectivity index (χ0n) is 30.1. The van der Waals surface area contributed by atoms with Gasteiger partial charge in [0, 0.05) is 44.0 Å². The highest BCUT2D eigenvalue weighted by atomic mass is 16.4. The number of hydrogen-bond donors (Lipinski definition) is 11. The molecule has 0 aliphatic rings. The maximum Gasteiger partial charge on any atom is 0.326 e. The van der Waals surface area contributed by atoms with E-state index in [-0.39, 0.29) is 50.7 Å². The summed E-state index contributed by atoms with van der Waals surface area (Å²) in [6.45, 7) is -0.654. The van der Waals surface area contributed by atoms with Gasteiger partial charge in [0.2, 0.25) is 35.4 Å². The molecule has 2 aromatic carbocycles. The molecule has 3 rings (SSSR count). The van der Waals surface area contributed by atoms with E-state index in [1.54, 1.807) is 30.3 Å². The molecule has 300 valence electrons. The average Bonchev–Trinajstić information content (AvgIpc) is 3.68. The van der Waals surface area contributed by atoms with Gasteiger partial charge in [-0.05, 0) is 36.1 Å². The fourth-order valence-corrected chi connectivity index (χ4v) is 5.28. The highest BCUT2D eigenvalue weighted by molar-refractivity contribution is 5.96. The molecule has 0 saturated heterocycles. The fraction of sp³-hybridized carbons (Fsp3) is 0.361. The van der Waals surface area contributed by atoms with E-state index in [1.807, 2.05) is 0 Å². The number of nitrogens with zero attached hydrogens (tertiary/aromatic N) is 1. The molecule has 0 bridgehead atoms. The van der Waals surface area contributed by atoms with Crippen molar-refractivity contribution in [2.24, 2.45) is 11.5 Å². The number of H-pyrrole nitrogens is 1. The van der Waals surface area contributed by atoms with Crippen molar-refractivity contribution in [1.29, 1.82) is 0 Å². The van der Waals surface area contributed by atoms with Gasteiger partial charge in [0.05, 0.1) is 18.9 Å². The standard InChI is InChI=1S/C36H45N9O11/c37-24(10-13-31(49)50)32(51)40-18-30(48)42-26(15-21-6-8-23(46)9-7-21)34(53)43-25(11-12-29(38)47)33(52)44-27(14-20-4-2-1-3-5-20)35(54)45-28(36(55)56)16-22-17-39-19-41-22/h1-9,17,19,24-28,46H,10-16,18,37H2,(H2,38,47)(H,39,41)(H,40,51)(H,42,48)(H,43,53)(H,44,52)(H,45,54)(H,49,50)(H,55,56)/t24-,25-,26-,27-,28-/m0/s1. The second-order valence-corrected chi connectivity index (χ2v) is 12.7. The Kier molecular flexibility index (Phi) is 16.9. The van der Waals surface area contributed by atoms with Crippen LogP contribution in [0.3, 0.4) is 0 Å². The van der Waals surface area contributed by atoms with Crippen LogP contribution in [0.25, 0.3) is 0 Å². The second kappa shape index (κ2) is 21.8. The third-order valence-electron chi connectivity index (χ3n) is 8.28. The van der Waals surface area contributed by atoms with Crippen molar-refractivity contribution < 1.29 is 53.7 Å². The van der Waals surface area contributed by atoms with Gasteiger partial charge in [-0.15, -0.1) is 0 Å². The predicted octanol–water partition coefficient (Wildman–Crippen LogP) is -2.26. The van der Waals surface area contributed by atoms with E-state index in [1.165, 1.54) is 36.8 Å². The first-order valence-electron chi connectivity index (χ1n) is 17.4. The highest BCUT2D eigenvalue weighted by Gasteiger charge is 2.32. The first-order chi connectivity index (χ1) is 26.6. The summed E-state index contributed by atoms with van der Waals surface area (Å²) in [6.07, 6.45) is 1.00.